The van der Waals surface area contributed by atoms with E-state index in [0.29, 0.717) is 30.3 Å². The van der Waals surface area contributed by atoms with E-state index in [1.54, 1.807) is 0 Å². The number of ether oxygens (including phenoxy) is 3. The Morgan fingerprint density at radius 3 is 0.831 bits per heavy atom. The molecule has 4 atom stereocenters. The van der Waals surface area contributed by atoms with E-state index in [9.17, 15) is 19.2 Å². The summed E-state index contributed by atoms with van der Waals surface area (Å²) in [6.07, 6.45) is 10.2. The second kappa shape index (κ2) is 46.1. The van der Waals surface area contributed by atoms with Crippen molar-refractivity contribution >= 4 is 23.8 Å². The zero-order chi connectivity index (χ0) is 65.0. The van der Waals surface area contributed by atoms with Crippen LogP contribution in [-0.2, 0) is 33.4 Å². The first kappa shape index (κ1) is 84.2. The molecule has 0 aliphatic heterocycles. The second-order valence-electron chi connectivity index (χ2n) is 25.6. The van der Waals surface area contributed by atoms with Gasteiger partial charge in [0.2, 0.25) is 5.91 Å². The molecule has 8 nitrogen and oxygen atoms in total. The molecular weight excluding hydrogens is 1030 g/mol. The van der Waals surface area contributed by atoms with Gasteiger partial charge < -0.3 is 19.9 Å². The van der Waals surface area contributed by atoms with Crippen LogP contribution >= 0.6 is 0 Å². The number of amides is 1. The number of benzene rings is 4. The van der Waals surface area contributed by atoms with Crippen molar-refractivity contribution in [1.82, 2.24) is 0 Å². The number of esters is 3. The number of nitrogens with two attached hydrogens (primary N) is 1. The summed E-state index contributed by atoms with van der Waals surface area (Å²) in [5.41, 5.74) is 9.15. The molecule has 0 saturated heterocycles. The molecule has 0 fully saturated rings. The molecule has 1 amide bonds. The maximum absolute atomic E-state index is 11.5. The Morgan fingerprint density at radius 2 is 0.639 bits per heavy atom. The van der Waals surface area contributed by atoms with Crippen molar-refractivity contribution in [2.24, 2.45) is 27.4 Å². The van der Waals surface area contributed by atoms with E-state index in [1.807, 2.05) is 118 Å². The smallest absolute Gasteiger partial charge is 0.312 e. The van der Waals surface area contributed by atoms with Gasteiger partial charge in [-0.25, -0.2) is 0 Å². The molecule has 4 aromatic rings. The molecule has 0 bridgehead atoms. The number of rotatable bonds is 20. The van der Waals surface area contributed by atoms with Crippen LogP contribution in [0.3, 0.4) is 0 Å². The molecule has 8 heteroatoms. The number of primary amides is 1. The summed E-state index contributed by atoms with van der Waals surface area (Å²) in [6.45, 7) is 53.0. The molecule has 0 heterocycles. The molecule has 4 rings (SSSR count). The lowest BCUT2D eigenvalue weighted by Crippen LogP contribution is -2.33. The molecule has 0 radical (unpaired) electrons. The van der Waals surface area contributed by atoms with Gasteiger partial charge in [0, 0.05) is 5.41 Å². The zero-order valence-corrected chi connectivity index (χ0v) is 58.1. The van der Waals surface area contributed by atoms with Gasteiger partial charge in [-0.3, -0.25) is 19.2 Å². The van der Waals surface area contributed by atoms with Gasteiger partial charge in [0.15, 0.2) is 0 Å². The van der Waals surface area contributed by atoms with Crippen molar-refractivity contribution in [2.45, 2.75) is 280 Å². The van der Waals surface area contributed by atoms with Crippen LogP contribution in [0.15, 0.2) is 121 Å². The van der Waals surface area contributed by atoms with Crippen molar-refractivity contribution in [3.05, 3.63) is 144 Å². The standard InChI is InChI=1S/2C10H20O2.4C10H14.C9H18O2.C6H13NO/c1-7-10(5,6)8(11)12-9(2,3)4;1-5-7-8-12-9(11)10(3,4)6-2;4*1-3-9(2)10-7-5-4-6-8-10;1-6-9(4,5)8(10)11-7(2)3;1-4-6(2,3)5(7)8/h7H2,1-6H3;5-8H2,1-4H3;4*4-9H,3H2,1-2H3;7H,6H2,1-5H3;4H2,1-3H3,(H2,7,8). The Hall–Kier alpha value is -5.24. The van der Waals surface area contributed by atoms with Gasteiger partial charge in [0.1, 0.15) is 5.60 Å². The van der Waals surface area contributed by atoms with Gasteiger partial charge in [0.05, 0.1) is 29.0 Å². The van der Waals surface area contributed by atoms with E-state index in [1.165, 1.54) is 47.9 Å². The molecule has 4 aromatic carbocycles. The number of hydrogen-bond donors (Lipinski definition) is 1. The van der Waals surface area contributed by atoms with Crippen LogP contribution in [0.2, 0.25) is 0 Å². The van der Waals surface area contributed by atoms with Gasteiger partial charge in [0.25, 0.3) is 0 Å². The first-order valence-corrected chi connectivity index (χ1v) is 31.6. The van der Waals surface area contributed by atoms with Crippen molar-refractivity contribution in [3.8, 4) is 0 Å². The largest absolute Gasteiger partial charge is 0.465 e. The van der Waals surface area contributed by atoms with Crippen LogP contribution in [0, 0.1) is 21.7 Å². The third-order valence-electron chi connectivity index (χ3n) is 15.3. The van der Waals surface area contributed by atoms with E-state index < -0.39 is 0 Å². The summed E-state index contributed by atoms with van der Waals surface area (Å²) in [6, 6.07) is 42.5. The molecule has 0 aliphatic rings. The maximum Gasteiger partial charge on any atom is 0.312 e. The molecule has 4 unspecified atom stereocenters. The van der Waals surface area contributed by atoms with Gasteiger partial charge in [-0.1, -0.05) is 232 Å². The highest BCUT2D eigenvalue weighted by Crippen LogP contribution is 2.26. The summed E-state index contributed by atoms with van der Waals surface area (Å²) < 4.78 is 15.4. The highest BCUT2D eigenvalue weighted by atomic mass is 16.6. The lowest BCUT2D eigenvalue weighted by Gasteiger charge is -2.27. The van der Waals surface area contributed by atoms with Crippen molar-refractivity contribution in [3.63, 3.8) is 0 Å². The summed E-state index contributed by atoms with van der Waals surface area (Å²) >= 11 is 0. The van der Waals surface area contributed by atoms with Crippen LogP contribution < -0.4 is 5.73 Å². The van der Waals surface area contributed by atoms with Crippen LogP contribution in [-0.4, -0.2) is 42.1 Å². The fraction of sp³-hybridized carbons (Fsp3) is 0.627. The fourth-order valence-electron chi connectivity index (χ4n) is 5.97. The van der Waals surface area contributed by atoms with Crippen LogP contribution in [0.25, 0.3) is 0 Å². The highest BCUT2D eigenvalue weighted by Gasteiger charge is 2.31. The summed E-state index contributed by atoms with van der Waals surface area (Å²) in [5, 5.41) is 0. The molecule has 0 spiro atoms. The second-order valence-corrected chi connectivity index (χ2v) is 25.6. The minimum Gasteiger partial charge on any atom is -0.465 e. The van der Waals surface area contributed by atoms with Crippen LogP contribution in [0.4, 0.5) is 0 Å². The van der Waals surface area contributed by atoms with Crippen LogP contribution in [0.5, 0.6) is 0 Å². The highest BCUT2D eigenvalue weighted by molar-refractivity contribution is 5.79. The third kappa shape index (κ3) is 42.3. The van der Waals surface area contributed by atoms with E-state index in [0.717, 1.165) is 38.5 Å². The van der Waals surface area contributed by atoms with Crippen molar-refractivity contribution in [2.75, 3.05) is 6.61 Å². The Morgan fingerprint density at radius 1 is 0.386 bits per heavy atom. The summed E-state index contributed by atoms with van der Waals surface area (Å²) in [7, 11) is 0. The van der Waals surface area contributed by atoms with Gasteiger partial charge in [-0.05, 0) is 180 Å². The maximum atomic E-state index is 11.5. The predicted molar refractivity (Wildman–Crippen MR) is 359 cm³/mol. The van der Waals surface area contributed by atoms with E-state index in [4.69, 9.17) is 19.9 Å². The first-order valence-electron chi connectivity index (χ1n) is 31.6. The minimum atomic E-state index is -0.372. The third-order valence-corrected chi connectivity index (χ3v) is 15.3. The molecule has 83 heavy (non-hydrogen) atoms. The number of carbonyl (C=O) groups is 4. The molecule has 0 aromatic heterocycles. The van der Waals surface area contributed by atoms with Crippen molar-refractivity contribution in [1.29, 1.82) is 0 Å². The zero-order valence-electron chi connectivity index (χ0n) is 58.1. The number of unbranched alkanes of at least 4 members (excludes halogenated alkanes) is 1. The predicted octanol–water partition coefficient (Wildman–Crippen LogP) is 21.6. The number of hydrogen-bond acceptors (Lipinski definition) is 7. The van der Waals surface area contributed by atoms with Crippen LogP contribution in [0.1, 0.15) is 290 Å². The van der Waals surface area contributed by atoms with E-state index >= 15 is 0 Å². The molecule has 0 aliphatic carbocycles. The Labute approximate surface area is 512 Å². The summed E-state index contributed by atoms with van der Waals surface area (Å²) in [5.74, 6) is 2.33. The minimum absolute atomic E-state index is 0.00618. The van der Waals surface area contributed by atoms with E-state index in [-0.39, 0.29) is 57.2 Å². The lowest BCUT2D eigenvalue weighted by molar-refractivity contribution is -0.165. The summed E-state index contributed by atoms with van der Waals surface area (Å²) in [4.78, 5) is 44.6. The normalized spacial score (nSPS) is 12.4. The Bertz CT molecular complexity index is 2010. The Kier molecular flexibility index (Phi) is 46.8. The number of carbonyl (C=O) groups excluding carboxylic acids is 4. The first-order chi connectivity index (χ1) is 38.5. The molecular formula is C75H127NO7. The monoisotopic (exact) mass is 1150 g/mol. The molecule has 474 valence electrons. The average Bonchev–Trinajstić information content (AvgIpc) is 3.47. The lowest BCUT2D eigenvalue weighted by atomic mass is 9.90. The topological polar surface area (TPSA) is 122 Å². The fourth-order valence-corrected chi connectivity index (χ4v) is 5.97. The SMILES string of the molecule is CCC(C)(C)C(=O)OC(C)(C)C.CCC(C)(C)C(=O)OC(C)C.CCC(C)(C)C(N)=O.CCC(C)c1ccccc1.CCC(C)c1ccccc1.CCC(C)c1ccccc1.CCC(C)c1ccccc1.CCCCOC(=O)C(C)(C)CC. The van der Waals surface area contributed by atoms with Crippen molar-refractivity contribution < 1.29 is 33.4 Å². The van der Waals surface area contributed by atoms with Gasteiger partial charge >= 0.3 is 17.9 Å². The molecule has 0 saturated carbocycles. The van der Waals surface area contributed by atoms with Gasteiger partial charge in [-0.2, -0.15) is 0 Å². The molecule has 2 N–H and O–H groups in total. The quantitative estimate of drug-likeness (QED) is 0.0531. The average molecular weight is 1150 g/mol. The van der Waals surface area contributed by atoms with E-state index in [2.05, 4.69) is 184 Å². The Balaban J connectivity index is -0.000000431. The van der Waals surface area contributed by atoms with Gasteiger partial charge in [-0.15, -0.1) is 0 Å².